The third kappa shape index (κ3) is 2.34. The van der Waals surface area contributed by atoms with Crippen molar-refractivity contribution in [3.8, 4) is 0 Å². The number of hydroxylamine groups is 3. The molecular formula is C2H13N9O9. The van der Waals surface area contributed by atoms with Crippen LogP contribution >= 0.6 is 0 Å². The van der Waals surface area contributed by atoms with Crippen LogP contribution in [0.15, 0.2) is 0 Å². The molecule has 18 nitrogen and oxygen atoms in total. The van der Waals surface area contributed by atoms with E-state index in [2.05, 4.69) is 0 Å². The van der Waals surface area contributed by atoms with Crippen LogP contribution in [0, 0.1) is 15.6 Å². The van der Waals surface area contributed by atoms with Crippen LogP contribution in [-0.2, 0) is 0 Å². The van der Waals surface area contributed by atoms with E-state index in [4.69, 9.17) is 48.6 Å². The molecule has 0 aromatic heterocycles. The zero-order chi connectivity index (χ0) is 16.3. The van der Waals surface area contributed by atoms with Crippen LogP contribution in [0.1, 0.15) is 0 Å². The molecule has 0 amide bonds. The van der Waals surface area contributed by atoms with E-state index < -0.39 is 37.4 Å². The minimum Gasteiger partial charge on any atom is -0.562 e. The molecule has 1 saturated heterocycles. The number of hydrogen-bond acceptors (Lipinski definition) is 15. The van der Waals surface area contributed by atoms with Gasteiger partial charge in [0.05, 0.1) is 0 Å². The Kier molecular flexibility index (Phi) is 3.80. The van der Waals surface area contributed by atoms with Crippen LogP contribution in [0.5, 0.6) is 0 Å². The summed E-state index contributed by atoms with van der Waals surface area (Å²) in [5, 5.41) is 76.6. The van der Waals surface area contributed by atoms with Gasteiger partial charge in [-0.1, -0.05) is 5.12 Å². The number of rotatable bonds is 3. The highest BCUT2D eigenvalue weighted by atomic mass is 17.2. The fourth-order valence-corrected chi connectivity index (χ4v) is 1.51. The molecule has 0 radical (unpaired) electrons. The highest BCUT2D eigenvalue weighted by Gasteiger charge is 2.77. The molecular weight excluding hydrogens is 294 g/mol. The van der Waals surface area contributed by atoms with Crippen molar-refractivity contribution in [3.05, 3.63) is 15.6 Å². The van der Waals surface area contributed by atoms with E-state index in [0.717, 1.165) is 0 Å². The molecule has 0 bridgehead atoms. The van der Waals surface area contributed by atoms with Gasteiger partial charge in [-0.2, -0.15) is 31.2 Å². The Hall–Kier alpha value is -0.720. The lowest BCUT2D eigenvalue weighted by Gasteiger charge is -2.45. The Labute approximate surface area is 108 Å². The first-order chi connectivity index (χ1) is 8.56. The van der Waals surface area contributed by atoms with Gasteiger partial charge in [-0.05, 0) is 4.97 Å². The average Bonchev–Trinajstić information content (AvgIpc) is 2.37. The zero-order valence-corrected chi connectivity index (χ0v) is 9.40. The van der Waals surface area contributed by atoms with Crippen molar-refractivity contribution >= 4 is 0 Å². The predicted molar refractivity (Wildman–Crippen MR) is 46.2 cm³/mol. The standard InChI is InChI=1S/C2H13N9O9/c3-1-2(4,9(12,13)14)7(10(15,16)17)8(6(1)5)11(18,19)20/h1,12-13,15-16,18-19H,3-5H2. The molecule has 2 unspecified atom stereocenters. The summed E-state index contributed by atoms with van der Waals surface area (Å²) in [6, 6.07) is 0. The topological polar surface area (TPSA) is 278 Å². The highest BCUT2D eigenvalue weighted by Crippen LogP contribution is 2.36. The number of hydrazine groups is 3. The van der Waals surface area contributed by atoms with Crippen LogP contribution in [0.4, 0.5) is 0 Å². The van der Waals surface area contributed by atoms with E-state index in [0.29, 0.717) is 0 Å². The normalized spacial score (nSPS) is 32.1. The molecule has 0 aromatic carbocycles. The Bertz CT molecular complexity index is 371. The van der Waals surface area contributed by atoms with Crippen molar-refractivity contribution in [1.29, 1.82) is 0 Å². The first kappa shape index (κ1) is 17.3. The first-order valence-electron chi connectivity index (χ1n) is 4.42. The van der Waals surface area contributed by atoms with Crippen LogP contribution in [0.3, 0.4) is 0 Å². The van der Waals surface area contributed by atoms with E-state index >= 15 is 0 Å². The second-order valence-corrected chi connectivity index (χ2v) is 3.74. The second-order valence-electron chi connectivity index (χ2n) is 3.74. The molecule has 0 spiro atoms. The van der Waals surface area contributed by atoms with Gasteiger partial charge in [-0.25, -0.2) is 5.84 Å². The van der Waals surface area contributed by atoms with Crippen molar-refractivity contribution < 1.29 is 46.4 Å². The smallest absolute Gasteiger partial charge is 0.374 e. The minimum absolute atomic E-state index is 0.332. The minimum atomic E-state index is -3.81. The van der Waals surface area contributed by atoms with Gasteiger partial charge in [0.2, 0.25) is 0 Å². The van der Waals surface area contributed by atoms with E-state index in [9.17, 15) is 15.6 Å². The molecule has 1 rings (SSSR count). The monoisotopic (exact) mass is 307 g/mol. The van der Waals surface area contributed by atoms with Crippen LogP contribution in [-0.4, -0.2) is 73.8 Å². The molecule has 1 fully saturated rings. The summed E-state index contributed by atoms with van der Waals surface area (Å²) in [5.74, 6) is 1.35. The lowest BCUT2D eigenvalue weighted by molar-refractivity contribution is -1.40. The summed E-state index contributed by atoms with van der Waals surface area (Å²) in [5.41, 5.74) is 10.2. The van der Waals surface area contributed by atoms with Crippen molar-refractivity contribution in [3.63, 3.8) is 0 Å². The van der Waals surface area contributed by atoms with Gasteiger partial charge in [0, 0.05) is 10.2 Å². The molecule has 0 aromatic rings. The maximum atomic E-state index is 11.2. The van der Waals surface area contributed by atoms with Crippen molar-refractivity contribution in [2.75, 3.05) is 0 Å². The van der Waals surface area contributed by atoms with Crippen LogP contribution < -0.4 is 17.3 Å². The molecule has 18 heteroatoms. The molecule has 0 aliphatic carbocycles. The molecule has 12 N–H and O–H groups in total. The number of nitrogens with zero attached hydrogens (tertiary/aromatic N) is 6. The molecule has 120 valence electrons. The van der Waals surface area contributed by atoms with Gasteiger partial charge in [0.25, 0.3) is 0 Å². The largest absolute Gasteiger partial charge is 0.562 e. The highest BCUT2D eigenvalue weighted by molar-refractivity contribution is 4.82. The van der Waals surface area contributed by atoms with Gasteiger partial charge < -0.3 is 21.4 Å². The summed E-state index contributed by atoms with van der Waals surface area (Å²) in [6.45, 7) is 0. The summed E-state index contributed by atoms with van der Waals surface area (Å²) in [6.07, 6.45) is -2.40. The maximum Gasteiger partial charge on any atom is 0.374 e. The molecule has 1 aliphatic rings. The molecule has 2 atom stereocenters. The summed E-state index contributed by atoms with van der Waals surface area (Å²) >= 11 is 0. The summed E-state index contributed by atoms with van der Waals surface area (Å²) in [7, 11) is 0. The zero-order valence-electron chi connectivity index (χ0n) is 9.40. The summed E-state index contributed by atoms with van der Waals surface area (Å²) < 4.78 is 0. The van der Waals surface area contributed by atoms with E-state index in [1.54, 1.807) is 0 Å². The average molecular weight is 307 g/mol. The Balaban J connectivity index is 3.53. The lowest BCUT2D eigenvalue weighted by Crippen LogP contribution is -2.82. The van der Waals surface area contributed by atoms with Gasteiger partial charge in [-0.3, -0.25) is 5.73 Å². The number of quaternary nitrogens is 3. The molecule has 1 aliphatic heterocycles. The second kappa shape index (κ2) is 4.39. The van der Waals surface area contributed by atoms with Crippen molar-refractivity contribution in [1.82, 2.24) is 15.5 Å². The SMILES string of the molecule is NC1N(N)N([N+]([O-])(O)O)N([N+]([O-])(O)O)C1(N)[N+]([O-])(O)O. The van der Waals surface area contributed by atoms with Crippen molar-refractivity contribution in [2.45, 2.75) is 12.0 Å². The predicted octanol–water partition coefficient (Wildman–Crippen LogP) is -4.38. The van der Waals surface area contributed by atoms with Gasteiger partial charge in [0.15, 0.2) is 6.17 Å². The Morgan fingerprint density at radius 1 is 0.950 bits per heavy atom. The Morgan fingerprint density at radius 2 is 1.35 bits per heavy atom. The number of hydrogen-bond donors (Lipinski definition) is 9. The Morgan fingerprint density at radius 3 is 1.60 bits per heavy atom. The third-order valence-corrected chi connectivity index (χ3v) is 2.36. The number of nitrogens with two attached hydrogens (primary N) is 3. The van der Waals surface area contributed by atoms with Crippen molar-refractivity contribution in [2.24, 2.45) is 17.3 Å². The quantitative estimate of drug-likeness (QED) is 0.103. The first-order valence-corrected chi connectivity index (χ1v) is 4.42. The lowest BCUT2D eigenvalue weighted by atomic mass is 10.3. The fourth-order valence-electron chi connectivity index (χ4n) is 1.51. The summed E-state index contributed by atoms with van der Waals surface area (Å²) in [4.78, 5) is -3.68. The third-order valence-electron chi connectivity index (χ3n) is 2.36. The maximum absolute atomic E-state index is 11.2. The molecule has 20 heavy (non-hydrogen) atoms. The van der Waals surface area contributed by atoms with E-state index in [1.807, 2.05) is 0 Å². The van der Waals surface area contributed by atoms with Gasteiger partial charge in [0.1, 0.15) is 10.3 Å². The fraction of sp³-hybridized carbons (Fsp3) is 1.00. The van der Waals surface area contributed by atoms with Gasteiger partial charge in [-0.15, -0.1) is 0 Å². The molecule has 1 heterocycles. The van der Waals surface area contributed by atoms with Crippen LogP contribution in [0.2, 0.25) is 0 Å². The molecule has 0 saturated carbocycles. The van der Waals surface area contributed by atoms with Gasteiger partial charge >= 0.3 is 5.79 Å². The van der Waals surface area contributed by atoms with Crippen LogP contribution in [0.25, 0.3) is 0 Å². The van der Waals surface area contributed by atoms with E-state index in [-0.39, 0.29) is 5.12 Å². The van der Waals surface area contributed by atoms with E-state index in [1.165, 1.54) is 0 Å².